The van der Waals surface area contributed by atoms with Crippen LogP contribution < -0.4 is 4.72 Å². The first-order chi connectivity index (χ1) is 9.84. The lowest BCUT2D eigenvalue weighted by molar-refractivity contribution is 0.258. The van der Waals surface area contributed by atoms with Crippen LogP contribution >= 0.6 is 0 Å². The second kappa shape index (κ2) is 6.43. The van der Waals surface area contributed by atoms with Crippen molar-refractivity contribution in [1.82, 2.24) is 4.72 Å². The van der Waals surface area contributed by atoms with Gasteiger partial charge in [0.05, 0.1) is 29.4 Å². The molecular formula is C13H19NO5S2. The molecule has 1 aliphatic heterocycles. The van der Waals surface area contributed by atoms with Crippen LogP contribution in [-0.4, -0.2) is 45.3 Å². The van der Waals surface area contributed by atoms with E-state index in [1.807, 2.05) is 0 Å². The molecular weight excluding hydrogens is 314 g/mol. The topological polar surface area (TPSA) is 101 Å². The fraction of sp³-hybridized carbons (Fsp3) is 0.538. The Morgan fingerprint density at radius 2 is 1.76 bits per heavy atom. The zero-order valence-electron chi connectivity index (χ0n) is 11.5. The fourth-order valence-electron chi connectivity index (χ4n) is 2.37. The van der Waals surface area contributed by atoms with Crippen LogP contribution in [0, 0.1) is 0 Å². The van der Waals surface area contributed by atoms with Crippen molar-refractivity contribution < 1.29 is 21.9 Å². The highest BCUT2D eigenvalue weighted by Gasteiger charge is 2.34. The Morgan fingerprint density at radius 3 is 2.29 bits per heavy atom. The molecule has 6 nitrogen and oxygen atoms in total. The normalized spacial score (nSPS) is 21.0. The predicted octanol–water partition coefficient (Wildman–Crippen LogP) is 0.217. The number of nitrogens with one attached hydrogen (secondary N) is 1. The lowest BCUT2D eigenvalue weighted by Gasteiger charge is -2.25. The van der Waals surface area contributed by atoms with Crippen LogP contribution in [0.25, 0.3) is 0 Å². The lowest BCUT2D eigenvalue weighted by Crippen LogP contribution is -2.42. The number of rotatable bonds is 5. The number of hydrogen-bond acceptors (Lipinski definition) is 5. The van der Waals surface area contributed by atoms with Crippen LogP contribution in [0.4, 0.5) is 0 Å². The Labute approximate surface area is 125 Å². The molecule has 21 heavy (non-hydrogen) atoms. The third-order valence-corrected chi connectivity index (χ3v) is 7.31. The number of sulfone groups is 1. The summed E-state index contributed by atoms with van der Waals surface area (Å²) in [7, 11) is -6.77. The van der Waals surface area contributed by atoms with Gasteiger partial charge in [0.15, 0.2) is 0 Å². The largest absolute Gasteiger partial charge is 0.394 e. The second-order valence-corrected chi connectivity index (χ2v) is 9.46. The Bertz CT molecular complexity index is 656. The molecule has 0 spiro atoms. The molecule has 0 amide bonds. The highest BCUT2D eigenvalue weighted by Crippen LogP contribution is 2.21. The molecule has 2 rings (SSSR count). The monoisotopic (exact) mass is 333 g/mol. The minimum absolute atomic E-state index is 0.102. The van der Waals surface area contributed by atoms with Crippen LogP contribution in [0.3, 0.4) is 0 Å². The molecule has 0 aliphatic carbocycles. The first-order valence-electron chi connectivity index (χ1n) is 6.71. The maximum Gasteiger partial charge on any atom is 0.215 e. The summed E-state index contributed by atoms with van der Waals surface area (Å²) in [6.07, 6.45) is 0.204. The molecule has 1 fully saturated rings. The third-order valence-electron chi connectivity index (χ3n) is 3.63. The Morgan fingerprint density at radius 1 is 1.19 bits per heavy atom. The number of sulfonamides is 1. The smallest absolute Gasteiger partial charge is 0.215 e. The van der Waals surface area contributed by atoms with E-state index < -0.39 is 31.2 Å². The minimum atomic E-state index is -3.67. The van der Waals surface area contributed by atoms with E-state index in [9.17, 15) is 21.9 Å². The molecule has 0 radical (unpaired) electrons. The summed E-state index contributed by atoms with van der Waals surface area (Å²) >= 11 is 0. The Hall–Kier alpha value is -0.960. The number of benzene rings is 1. The molecule has 1 aliphatic rings. The fourth-order valence-corrected chi connectivity index (χ4v) is 5.82. The maximum atomic E-state index is 12.3. The molecule has 0 saturated carbocycles. The predicted molar refractivity (Wildman–Crippen MR) is 80.0 cm³/mol. The summed E-state index contributed by atoms with van der Waals surface area (Å²) in [5.41, 5.74) is 0.673. The van der Waals surface area contributed by atoms with Crippen molar-refractivity contribution in [3.63, 3.8) is 0 Å². The number of aliphatic hydroxyl groups excluding tert-OH is 1. The molecule has 8 heteroatoms. The van der Waals surface area contributed by atoms with E-state index in [1.165, 1.54) is 0 Å². The maximum absolute atomic E-state index is 12.3. The van der Waals surface area contributed by atoms with E-state index in [1.54, 1.807) is 30.3 Å². The van der Waals surface area contributed by atoms with E-state index in [2.05, 4.69) is 4.72 Å². The quantitative estimate of drug-likeness (QED) is 0.802. The van der Waals surface area contributed by atoms with Crippen molar-refractivity contribution in [3.05, 3.63) is 35.9 Å². The summed E-state index contributed by atoms with van der Waals surface area (Å²) in [5, 5.41) is 8.68. The summed E-state index contributed by atoms with van der Waals surface area (Å²) in [5.74, 6) is -0.207. The molecule has 0 aromatic heterocycles. The van der Waals surface area contributed by atoms with Crippen LogP contribution in [0.5, 0.6) is 0 Å². The molecule has 1 heterocycles. The SMILES string of the molecule is O=S1(=O)CCC(S(=O)(=O)N[C@@H](CO)c2ccccc2)CC1. The average molecular weight is 333 g/mol. The van der Waals surface area contributed by atoms with E-state index in [0.29, 0.717) is 5.56 Å². The van der Waals surface area contributed by atoms with E-state index >= 15 is 0 Å². The van der Waals surface area contributed by atoms with Gasteiger partial charge in [-0.1, -0.05) is 30.3 Å². The van der Waals surface area contributed by atoms with Crippen molar-refractivity contribution >= 4 is 19.9 Å². The molecule has 0 unspecified atom stereocenters. The minimum Gasteiger partial charge on any atom is -0.394 e. The van der Waals surface area contributed by atoms with Crippen molar-refractivity contribution in [2.24, 2.45) is 0 Å². The van der Waals surface area contributed by atoms with Crippen LogP contribution in [0.2, 0.25) is 0 Å². The average Bonchev–Trinajstić information content (AvgIpc) is 2.45. The van der Waals surface area contributed by atoms with Gasteiger partial charge in [0, 0.05) is 0 Å². The Kier molecular flexibility index (Phi) is 5.03. The van der Waals surface area contributed by atoms with Gasteiger partial charge in [0.1, 0.15) is 9.84 Å². The van der Waals surface area contributed by atoms with Gasteiger partial charge in [-0.05, 0) is 18.4 Å². The van der Waals surface area contributed by atoms with E-state index in [4.69, 9.17) is 0 Å². The third kappa shape index (κ3) is 4.26. The van der Waals surface area contributed by atoms with Crippen molar-refractivity contribution in [1.29, 1.82) is 0 Å². The van der Waals surface area contributed by atoms with E-state index in [0.717, 1.165) is 0 Å². The summed E-state index contributed by atoms with van der Waals surface area (Å²) < 4.78 is 49.9. The first-order valence-corrected chi connectivity index (χ1v) is 10.1. The highest BCUT2D eigenvalue weighted by molar-refractivity contribution is 7.92. The van der Waals surface area contributed by atoms with Crippen LogP contribution in [0.1, 0.15) is 24.4 Å². The van der Waals surface area contributed by atoms with Crippen molar-refractivity contribution in [2.45, 2.75) is 24.1 Å². The summed E-state index contributed by atoms with van der Waals surface area (Å²) in [4.78, 5) is 0. The van der Waals surface area contributed by atoms with Gasteiger partial charge in [0.2, 0.25) is 10.0 Å². The molecule has 2 N–H and O–H groups in total. The summed E-state index contributed by atoms with van der Waals surface area (Å²) in [6.45, 7) is -0.353. The lowest BCUT2D eigenvalue weighted by atomic mass is 10.1. The molecule has 1 saturated heterocycles. The first kappa shape index (κ1) is 16.4. The summed E-state index contributed by atoms with van der Waals surface area (Å²) in [6, 6.07) is 8.08. The molecule has 118 valence electrons. The van der Waals surface area contributed by atoms with E-state index in [-0.39, 0.29) is 31.0 Å². The molecule has 0 bridgehead atoms. The van der Waals surface area contributed by atoms with Gasteiger partial charge in [-0.25, -0.2) is 21.6 Å². The number of aliphatic hydroxyl groups is 1. The van der Waals surface area contributed by atoms with Crippen LogP contribution in [-0.2, 0) is 19.9 Å². The van der Waals surface area contributed by atoms with Crippen molar-refractivity contribution in [3.8, 4) is 0 Å². The van der Waals surface area contributed by atoms with Gasteiger partial charge in [-0.3, -0.25) is 0 Å². The molecule has 1 aromatic rings. The highest BCUT2D eigenvalue weighted by atomic mass is 32.2. The van der Waals surface area contributed by atoms with Gasteiger partial charge >= 0.3 is 0 Å². The molecule has 1 aromatic carbocycles. The zero-order chi connectivity index (χ0) is 15.5. The second-order valence-electron chi connectivity index (χ2n) is 5.16. The molecule has 1 atom stereocenters. The van der Waals surface area contributed by atoms with Crippen LogP contribution in [0.15, 0.2) is 30.3 Å². The van der Waals surface area contributed by atoms with Gasteiger partial charge in [-0.2, -0.15) is 0 Å². The van der Waals surface area contributed by atoms with Crippen molar-refractivity contribution in [2.75, 3.05) is 18.1 Å². The van der Waals surface area contributed by atoms with Gasteiger partial charge in [0.25, 0.3) is 0 Å². The van der Waals surface area contributed by atoms with Gasteiger partial charge < -0.3 is 5.11 Å². The number of hydrogen-bond donors (Lipinski definition) is 2. The Balaban J connectivity index is 2.10. The standard InChI is InChI=1S/C13H19NO5S2/c15-10-13(11-4-2-1-3-5-11)14-21(18,19)12-6-8-20(16,17)9-7-12/h1-5,12-15H,6-10H2/t13-/m0/s1. The van der Waals surface area contributed by atoms with Gasteiger partial charge in [-0.15, -0.1) is 0 Å². The zero-order valence-corrected chi connectivity index (χ0v) is 13.1.